The predicted molar refractivity (Wildman–Crippen MR) is 93.0 cm³/mol. The molecule has 0 unspecified atom stereocenters. The van der Waals surface area contributed by atoms with Crippen molar-refractivity contribution in [3.63, 3.8) is 0 Å². The highest BCUT2D eigenvalue weighted by Gasteiger charge is 2.23. The fourth-order valence-corrected chi connectivity index (χ4v) is 3.32. The van der Waals surface area contributed by atoms with Gasteiger partial charge in [0.1, 0.15) is 5.75 Å². The van der Waals surface area contributed by atoms with Gasteiger partial charge in [-0.25, -0.2) is 0 Å². The summed E-state index contributed by atoms with van der Waals surface area (Å²) in [5, 5.41) is 7.49. The van der Waals surface area contributed by atoms with Crippen LogP contribution in [0.2, 0.25) is 0 Å². The summed E-state index contributed by atoms with van der Waals surface area (Å²) in [7, 11) is 0. The van der Waals surface area contributed by atoms with Crippen LogP contribution < -0.4 is 10.1 Å². The minimum atomic E-state index is 0.0988. The van der Waals surface area contributed by atoms with Gasteiger partial charge < -0.3 is 10.1 Å². The second kappa shape index (κ2) is 7.99. The summed E-state index contributed by atoms with van der Waals surface area (Å²) in [6, 6.07) is 10.5. The molecule has 24 heavy (non-hydrogen) atoms. The smallest absolute Gasteiger partial charge is 0.224 e. The first-order valence-electron chi connectivity index (χ1n) is 8.75. The average molecular weight is 327 g/mol. The summed E-state index contributed by atoms with van der Waals surface area (Å²) in [6.07, 6.45) is 8.43. The summed E-state index contributed by atoms with van der Waals surface area (Å²) < 4.78 is 7.46. The molecule has 1 aliphatic carbocycles. The van der Waals surface area contributed by atoms with Crippen molar-refractivity contribution in [3.8, 4) is 5.75 Å². The molecule has 0 spiro atoms. The quantitative estimate of drug-likeness (QED) is 0.887. The van der Waals surface area contributed by atoms with E-state index in [0.717, 1.165) is 37.0 Å². The van der Waals surface area contributed by atoms with Crippen molar-refractivity contribution < 1.29 is 9.53 Å². The van der Waals surface area contributed by atoms with Crippen molar-refractivity contribution in [3.05, 3.63) is 48.3 Å². The van der Waals surface area contributed by atoms with Gasteiger partial charge >= 0.3 is 0 Å². The first-order chi connectivity index (χ1) is 11.7. The lowest BCUT2D eigenvalue weighted by molar-refractivity contribution is -0.121. The fourth-order valence-electron chi connectivity index (χ4n) is 3.32. The fraction of sp³-hybridized carbons (Fsp3) is 0.474. The van der Waals surface area contributed by atoms with E-state index in [-0.39, 0.29) is 11.9 Å². The molecular formula is C19H25N3O2. The van der Waals surface area contributed by atoms with Crippen LogP contribution in [0.1, 0.15) is 44.2 Å². The van der Waals surface area contributed by atoms with Gasteiger partial charge in [-0.05, 0) is 56.4 Å². The monoisotopic (exact) mass is 327 g/mol. The van der Waals surface area contributed by atoms with Crippen LogP contribution in [-0.2, 0) is 11.2 Å². The summed E-state index contributed by atoms with van der Waals surface area (Å²) in [4.78, 5) is 12.2. The van der Waals surface area contributed by atoms with Gasteiger partial charge in [0.05, 0.1) is 19.1 Å². The van der Waals surface area contributed by atoms with E-state index < -0.39 is 0 Å². The Morgan fingerprint density at radius 3 is 2.62 bits per heavy atom. The van der Waals surface area contributed by atoms with Crippen LogP contribution in [-0.4, -0.2) is 28.3 Å². The standard InChI is InChI=1S/C19H25N3O2/c1-2-24-18-10-4-15(5-11-18)14-19(23)21-16-6-8-17(9-7-16)22-13-3-12-20-22/h3-5,10-13,16-17H,2,6-9,14H2,1H3,(H,21,23). The molecule has 0 radical (unpaired) electrons. The molecule has 128 valence electrons. The molecule has 1 aromatic carbocycles. The molecule has 1 heterocycles. The molecule has 1 aromatic heterocycles. The van der Waals surface area contributed by atoms with Crippen molar-refractivity contribution in [1.29, 1.82) is 0 Å². The van der Waals surface area contributed by atoms with Gasteiger partial charge in [-0.3, -0.25) is 9.48 Å². The Morgan fingerprint density at radius 2 is 2.00 bits per heavy atom. The Labute approximate surface area is 143 Å². The van der Waals surface area contributed by atoms with E-state index in [2.05, 4.69) is 10.4 Å². The van der Waals surface area contributed by atoms with E-state index in [4.69, 9.17) is 4.74 Å². The number of benzene rings is 1. The lowest BCUT2D eigenvalue weighted by atomic mass is 9.91. The molecule has 1 N–H and O–H groups in total. The highest BCUT2D eigenvalue weighted by Crippen LogP contribution is 2.27. The van der Waals surface area contributed by atoms with Gasteiger partial charge in [-0.2, -0.15) is 5.10 Å². The number of carbonyl (C=O) groups is 1. The molecular weight excluding hydrogens is 302 g/mol. The zero-order valence-corrected chi connectivity index (χ0v) is 14.1. The molecule has 1 amide bonds. The molecule has 5 nitrogen and oxygen atoms in total. The molecule has 5 heteroatoms. The lowest BCUT2D eigenvalue weighted by Crippen LogP contribution is -2.38. The van der Waals surface area contributed by atoms with Crippen molar-refractivity contribution in [2.24, 2.45) is 0 Å². The van der Waals surface area contributed by atoms with Crippen LogP contribution in [0.25, 0.3) is 0 Å². The van der Waals surface area contributed by atoms with Crippen molar-refractivity contribution in [1.82, 2.24) is 15.1 Å². The first-order valence-corrected chi connectivity index (χ1v) is 8.75. The van der Waals surface area contributed by atoms with Crippen LogP contribution >= 0.6 is 0 Å². The largest absolute Gasteiger partial charge is 0.494 e. The minimum Gasteiger partial charge on any atom is -0.494 e. The Hall–Kier alpha value is -2.30. The molecule has 0 aliphatic heterocycles. The Kier molecular flexibility index (Phi) is 5.51. The zero-order valence-electron chi connectivity index (χ0n) is 14.1. The van der Waals surface area contributed by atoms with Crippen LogP contribution in [0.3, 0.4) is 0 Å². The van der Waals surface area contributed by atoms with Crippen LogP contribution in [0, 0.1) is 0 Å². The lowest BCUT2D eigenvalue weighted by Gasteiger charge is -2.29. The third-order valence-corrected chi connectivity index (χ3v) is 4.56. The van der Waals surface area contributed by atoms with E-state index in [1.807, 2.05) is 54.3 Å². The maximum atomic E-state index is 12.2. The summed E-state index contributed by atoms with van der Waals surface area (Å²) >= 11 is 0. The molecule has 2 aromatic rings. The van der Waals surface area contributed by atoms with Gasteiger partial charge in [-0.1, -0.05) is 12.1 Å². The van der Waals surface area contributed by atoms with E-state index in [1.165, 1.54) is 0 Å². The number of rotatable bonds is 6. The third kappa shape index (κ3) is 4.37. The van der Waals surface area contributed by atoms with Gasteiger partial charge in [-0.15, -0.1) is 0 Å². The Bertz CT molecular complexity index is 629. The number of hydrogen-bond acceptors (Lipinski definition) is 3. The summed E-state index contributed by atoms with van der Waals surface area (Å²) in [5.74, 6) is 0.945. The van der Waals surface area contributed by atoms with Crippen molar-refractivity contribution in [2.45, 2.75) is 51.1 Å². The van der Waals surface area contributed by atoms with Gasteiger partial charge in [0.2, 0.25) is 5.91 Å². The zero-order chi connectivity index (χ0) is 16.8. The van der Waals surface area contributed by atoms with E-state index in [1.54, 1.807) is 0 Å². The van der Waals surface area contributed by atoms with Gasteiger partial charge in [0.25, 0.3) is 0 Å². The highest BCUT2D eigenvalue weighted by atomic mass is 16.5. The molecule has 1 saturated carbocycles. The third-order valence-electron chi connectivity index (χ3n) is 4.56. The first kappa shape index (κ1) is 16.6. The maximum absolute atomic E-state index is 12.2. The summed E-state index contributed by atoms with van der Waals surface area (Å²) in [6.45, 7) is 2.61. The Morgan fingerprint density at radius 1 is 1.25 bits per heavy atom. The van der Waals surface area contributed by atoms with Crippen LogP contribution in [0.15, 0.2) is 42.7 Å². The number of nitrogens with zero attached hydrogens (tertiary/aromatic N) is 2. The number of aromatic nitrogens is 2. The number of hydrogen-bond donors (Lipinski definition) is 1. The molecule has 1 aliphatic rings. The molecule has 0 bridgehead atoms. The number of carbonyl (C=O) groups excluding carboxylic acids is 1. The van der Waals surface area contributed by atoms with E-state index in [0.29, 0.717) is 19.1 Å². The molecule has 0 atom stereocenters. The average Bonchev–Trinajstić information content (AvgIpc) is 3.12. The van der Waals surface area contributed by atoms with Gasteiger partial charge in [0, 0.05) is 18.4 Å². The Balaban J connectivity index is 1.44. The van der Waals surface area contributed by atoms with Gasteiger partial charge in [0.15, 0.2) is 0 Å². The second-order valence-electron chi connectivity index (χ2n) is 6.31. The highest BCUT2D eigenvalue weighted by molar-refractivity contribution is 5.78. The second-order valence-corrected chi connectivity index (χ2v) is 6.31. The number of nitrogens with one attached hydrogen (secondary N) is 1. The molecule has 1 fully saturated rings. The predicted octanol–water partition coefficient (Wildman–Crippen LogP) is 3.12. The molecule has 3 rings (SSSR count). The van der Waals surface area contributed by atoms with E-state index in [9.17, 15) is 4.79 Å². The number of ether oxygens (including phenoxy) is 1. The maximum Gasteiger partial charge on any atom is 0.224 e. The minimum absolute atomic E-state index is 0.0988. The van der Waals surface area contributed by atoms with Crippen molar-refractivity contribution in [2.75, 3.05) is 6.61 Å². The van der Waals surface area contributed by atoms with Crippen LogP contribution in [0.5, 0.6) is 5.75 Å². The van der Waals surface area contributed by atoms with Crippen molar-refractivity contribution >= 4 is 5.91 Å². The van der Waals surface area contributed by atoms with Crippen LogP contribution in [0.4, 0.5) is 0 Å². The topological polar surface area (TPSA) is 56.1 Å². The molecule has 0 saturated heterocycles. The normalized spacial score (nSPS) is 20.5. The van der Waals surface area contributed by atoms with E-state index >= 15 is 0 Å². The number of amides is 1. The summed E-state index contributed by atoms with van der Waals surface area (Å²) in [5.41, 5.74) is 1.01. The SMILES string of the molecule is CCOc1ccc(CC(=O)NC2CCC(n3cccn3)CC2)cc1.